The van der Waals surface area contributed by atoms with Crippen LogP contribution in [0.1, 0.15) is 25.7 Å². The molecule has 3 heteroatoms. The Labute approximate surface area is 71.7 Å². The van der Waals surface area contributed by atoms with Crippen molar-refractivity contribution in [1.82, 2.24) is 0 Å². The number of carboxylic acid groups (broad SMARTS) is 1. The molecule has 0 aromatic carbocycles. The van der Waals surface area contributed by atoms with E-state index in [1.807, 2.05) is 0 Å². The monoisotopic (exact) mass is 170 g/mol. The summed E-state index contributed by atoms with van der Waals surface area (Å²) in [6.07, 6.45) is 3.33. The largest absolute Gasteiger partial charge is 0.481 e. The summed E-state index contributed by atoms with van der Waals surface area (Å²) in [7, 11) is 0. The molecule has 0 heterocycles. The van der Waals surface area contributed by atoms with E-state index >= 15 is 0 Å². The average Bonchev–Trinajstić information content (AvgIpc) is 2.06. The summed E-state index contributed by atoms with van der Waals surface area (Å²) in [6.45, 7) is 3.54. The van der Waals surface area contributed by atoms with Gasteiger partial charge in [0, 0.05) is 0 Å². The second kappa shape index (κ2) is 3.27. The molecular formula is C9H14O3. The Morgan fingerprint density at radius 2 is 2.00 bits per heavy atom. The van der Waals surface area contributed by atoms with Crippen molar-refractivity contribution in [3.05, 3.63) is 12.7 Å². The van der Waals surface area contributed by atoms with Crippen LogP contribution in [0.3, 0.4) is 0 Å². The fourth-order valence-corrected chi connectivity index (χ4v) is 1.62. The van der Waals surface area contributed by atoms with E-state index in [0.29, 0.717) is 25.7 Å². The molecule has 0 aromatic heterocycles. The maximum Gasteiger partial charge on any atom is 0.313 e. The van der Waals surface area contributed by atoms with Gasteiger partial charge in [-0.1, -0.05) is 6.08 Å². The number of hydrogen-bond acceptors (Lipinski definition) is 2. The van der Waals surface area contributed by atoms with E-state index in [2.05, 4.69) is 6.58 Å². The first-order chi connectivity index (χ1) is 5.60. The van der Waals surface area contributed by atoms with Gasteiger partial charge in [-0.25, -0.2) is 0 Å². The number of aliphatic carboxylic acids is 1. The van der Waals surface area contributed by atoms with Crippen molar-refractivity contribution in [3.63, 3.8) is 0 Å². The number of rotatable bonds is 2. The van der Waals surface area contributed by atoms with Gasteiger partial charge in [0.05, 0.1) is 11.5 Å². The average molecular weight is 170 g/mol. The van der Waals surface area contributed by atoms with Crippen LogP contribution in [0.25, 0.3) is 0 Å². The van der Waals surface area contributed by atoms with Crippen molar-refractivity contribution in [2.24, 2.45) is 5.41 Å². The van der Waals surface area contributed by atoms with E-state index in [9.17, 15) is 9.90 Å². The van der Waals surface area contributed by atoms with Gasteiger partial charge in [-0.2, -0.15) is 0 Å². The lowest BCUT2D eigenvalue weighted by atomic mass is 9.73. The lowest BCUT2D eigenvalue weighted by Gasteiger charge is -2.32. The van der Waals surface area contributed by atoms with E-state index in [1.165, 1.54) is 6.08 Å². The lowest BCUT2D eigenvalue weighted by Crippen LogP contribution is -2.34. The zero-order chi connectivity index (χ0) is 9.19. The quantitative estimate of drug-likeness (QED) is 0.612. The van der Waals surface area contributed by atoms with Crippen molar-refractivity contribution in [3.8, 4) is 0 Å². The second-order valence-corrected chi connectivity index (χ2v) is 3.40. The highest BCUT2D eigenvalue weighted by Crippen LogP contribution is 2.37. The summed E-state index contributed by atoms with van der Waals surface area (Å²) in [5.74, 6) is -0.815. The molecule has 3 nitrogen and oxygen atoms in total. The third-order valence-electron chi connectivity index (χ3n) is 2.66. The number of carboxylic acids is 1. The van der Waals surface area contributed by atoms with Crippen molar-refractivity contribution in [2.75, 3.05) is 0 Å². The first-order valence-electron chi connectivity index (χ1n) is 4.16. The van der Waals surface area contributed by atoms with Crippen LogP contribution in [0.4, 0.5) is 0 Å². The Kier molecular flexibility index (Phi) is 2.52. The second-order valence-electron chi connectivity index (χ2n) is 3.40. The summed E-state index contributed by atoms with van der Waals surface area (Å²) in [5, 5.41) is 18.1. The molecule has 0 saturated heterocycles. The van der Waals surface area contributed by atoms with Gasteiger partial charge in [0.15, 0.2) is 0 Å². The van der Waals surface area contributed by atoms with Crippen molar-refractivity contribution in [2.45, 2.75) is 31.8 Å². The van der Waals surface area contributed by atoms with Gasteiger partial charge in [0.25, 0.3) is 0 Å². The number of aliphatic hydroxyl groups excluding tert-OH is 1. The van der Waals surface area contributed by atoms with Crippen LogP contribution in [0.2, 0.25) is 0 Å². The molecule has 1 rings (SSSR count). The van der Waals surface area contributed by atoms with Crippen molar-refractivity contribution >= 4 is 5.97 Å². The van der Waals surface area contributed by atoms with E-state index in [4.69, 9.17) is 5.11 Å². The number of aliphatic hydroxyl groups is 1. The third kappa shape index (κ3) is 1.50. The maximum absolute atomic E-state index is 10.9. The third-order valence-corrected chi connectivity index (χ3v) is 2.66. The predicted octanol–water partition coefficient (Wildman–Crippen LogP) is 1.18. The van der Waals surface area contributed by atoms with Gasteiger partial charge >= 0.3 is 5.97 Å². The Bertz CT molecular complexity index is 190. The van der Waals surface area contributed by atoms with Crippen molar-refractivity contribution < 1.29 is 15.0 Å². The van der Waals surface area contributed by atoms with Gasteiger partial charge < -0.3 is 10.2 Å². The lowest BCUT2D eigenvalue weighted by molar-refractivity contribution is -0.148. The van der Waals surface area contributed by atoms with Gasteiger partial charge in [-0.15, -0.1) is 6.58 Å². The zero-order valence-electron chi connectivity index (χ0n) is 6.99. The van der Waals surface area contributed by atoms with Crippen LogP contribution in [0.5, 0.6) is 0 Å². The fraction of sp³-hybridized carbons (Fsp3) is 0.667. The molecule has 2 N–H and O–H groups in total. The molecule has 1 fully saturated rings. The van der Waals surface area contributed by atoms with Crippen LogP contribution < -0.4 is 0 Å². The van der Waals surface area contributed by atoms with E-state index < -0.39 is 11.4 Å². The van der Waals surface area contributed by atoms with Gasteiger partial charge in [-0.05, 0) is 25.7 Å². The summed E-state index contributed by atoms with van der Waals surface area (Å²) in [4.78, 5) is 10.9. The topological polar surface area (TPSA) is 57.5 Å². The molecule has 0 bridgehead atoms. The fourth-order valence-electron chi connectivity index (χ4n) is 1.62. The smallest absolute Gasteiger partial charge is 0.313 e. The molecule has 1 aliphatic rings. The molecule has 12 heavy (non-hydrogen) atoms. The number of hydrogen-bond donors (Lipinski definition) is 2. The molecule has 1 aliphatic carbocycles. The molecule has 0 unspecified atom stereocenters. The minimum absolute atomic E-state index is 0.322. The molecular weight excluding hydrogens is 156 g/mol. The van der Waals surface area contributed by atoms with Gasteiger partial charge in [0.1, 0.15) is 0 Å². The highest BCUT2D eigenvalue weighted by molar-refractivity contribution is 5.77. The SMILES string of the molecule is C=CC1(C(=O)O)CCC(O)CC1. The Morgan fingerprint density at radius 3 is 2.33 bits per heavy atom. The van der Waals surface area contributed by atoms with Crippen LogP contribution in [0.15, 0.2) is 12.7 Å². The molecule has 68 valence electrons. The Morgan fingerprint density at radius 1 is 1.50 bits per heavy atom. The van der Waals surface area contributed by atoms with Gasteiger partial charge in [0.2, 0.25) is 0 Å². The molecule has 0 amide bonds. The highest BCUT2D eigenvalue weighted by atomic mass is 16.4. The van der Waals surface area contributed by atoms with Crippen LogP contribution in [-0.2, 0) is 4.79 Å². The molecule has 0 aliphatic heterocycles. The minimum Gasteiger partial charge on any atom is -0.481 e. The van der Waals surface area contributed by atoms with E-state index in [0.717, 1.165) is 0 Å². The van der Waals surface area contributed by atoms with E-state index in [1.54, 1.807) is 0 Å². The molecule has 0 radical (unpaired) electrons. The van der Waals surface area contributed by atoms with Crippen LogP contribution >= 0.6 is 0 Å². The normalized spacial score (nSPS) is 35.9. The summed E-state index contributed by atoms with van der Waals surface area (Å²) >= 11 is 0. The summed E-state index contributed by atoms with van der Waals surface area (Å²) in [6, 6.07) is 0. The van der Waals surface area contributed by atoms with Gasteiger partial charge in [-0.3, -0.25) is 4.79 Å². The molecule has 0 aromatic rings. The zero-order valence-corrected chi connectivity index (χ0v) is 6.99. The molecule has 0 spiro atoms. The molecule has 1 saturated carbocycles. The van der Waals surface area contributed by atoms with E-state index in [-0.39, 0.29) is 6.10 Å². The first kappa shape index (κ1) is 9.26. The molecule has 0 atom stereocenters. The summed E-state index contributed by atoms with van der Waals surface area (Å²) in [5.41, 5.74) is -0.779. The predicted molar refractivity (Wildman–Crippen MR) is 44.7 cm³/mol. The van der Waals surface area contributed by atoms with Crippen LogP contribution in [0, 0.1) is 5.41 Å². The highest BCUT2D eigenvalue weighted by Gasteiger charge is 2.38. The maximum atomic E-state index is 10.9. The van der Waals surface area contributed by atoms with Crippen molar-refractivity contribution in [1.29, 1.82) is 0 Å². The standard InChI is InChI=1S/C9H14O3/c1-2-9(8(11)12)5-3-7(10)4-6-9/h2,7,10H,1,3-6H2,(H,11,12). The summed E-state index contributed by atoms with van der Waals surface area (Å²) < 4.78 is 0. The Hall–Kier alpha value is -0.830. The first-order valence-corrected chi connectivity index (χ1v) is 4.16. The minimum atomic E-state index is -0.815. The van der Waals surface area contributed by atoms with Crippen LogP contribution in [-0.4, -0.2) is 22.3 Å². The number of carbonyl (C=O) groups is 1. The Balaban J connectivity index is 2.70.